The molecule has 0 unspecified atom stereocenters. The van der Waals surface area contributed by atoms with Gasteiger partial charge in [-0.2, -0.15) is 0 Å². The molecule has 0 fully saturated rings. The lowest BCUT2D eigenvalue weighted by atomic mass is 10.1. The van der Waals surface area contributed by atoms with Gasteiger partial charge in [-0.1, -0.05) is 11.3 Å². The van der Waals surface area contributed by atoms with Crippen LogP contribution in [0.4, 0.5) is 4.79 Å². The molecule has 1 amide bonds. The highest BCUT2D eigenvalue weighted by atomic mass is 32.1. The predicted octanol–water partition coefficient (Wildman–Crippen LogP) is 5.10. The summed E-state index contributed by atoms with van der Waals surface area (Å²) < 4.78 is 21.4. The first kappa shape index (κ1) is 25.2. The van der Waals surface area contributed by atoms with Gasteiger partial charge in [0.05, 0.1) is 38.0 Å². The van der Waals surface area contributed by atoms with Crippen LogP contribution in [0.5, 0.6) is 23.3 Å². The lowest BCUT2D eigenvalue weighted by molar-refractivity contribution is 0.196. The van der Waals surface area contributed by atoms with Crippen molar-refractivity contribution in [2.75, 3.05) is 27.4 Å². The highest BCUT2D eigenvalue weighted by Crippen LogP contribution is 2.36. The Kier molecular flexibility index (Phi) is 7.18. The SMILES string of the molecule is COc1ccc(OC(=O)NCCOc2cc(C)c3nc(-c4cc(C)cc5nc(OC)cnc45)sc3n2)cc1. The first-order chi connectivity index (χ1) is 18.4. The van der Waals surface area contributed by atoms with Crippen LogP contribution < -0.4 is 24.3 Å². The summed E-state index contributed by atoms with van der Waals surface area (Å²) in [5.74, 6) is 2.01. The molecule has 0 radical (unpaired) electrons. The molecule has 0 bridgehead atoms. The van der Waals surface area contributed by atoms with Gasteiger partial charge in [-0.05, 0) is 61.4 Å². The van der Waals surface area contributed by atoms with E-state index < -0.39 is 6.09 Å². The molecule has 11 heteroatoms. The fourth-order valence-electron chi connectivity index (χ4n) is 3.82. The summed E-state index contributed by atoms with van der Waals surface area (Å²) in [4.78, 5) is 31.4. The van der Waals surface area contributed by atoms with Crippen LogP contribution in [0.2, 0.25) is 0 Å². The lowest BCUT2D eigenvalue weighted by Crippen LogP contribution is -2.30. The molecule has 10 nitrogen and oxygen atoms in total. The number of hydrogen-bond donors (Lipinski definition) is 1. The molecular weight excluding hydrogens is 506 g/mol. The molecule has 0 saturated heterocycles. The van der Waals surface area contributed by atoms with Crippen molar-refractivity contribution in [3.05, 3.63) is 59.8 Å². The molecule has 1 N–H and O–H groups in total. The van der Waals surface area contributed by atoms with E-state index in [1.54, 1.807) is 44.7 Å². The highest BCUT2D eigenvalue weighted by molar-refractivity contribution is 7.21. The minimum atomic E-state index is -0.573. The van der Waals surface area contributed by atoms with E-state index in [-0.39, 0.29) is 13.2 Å². The van der Waals surface area contributed by atoms with Crippen molar-refractivity contribution in [2.45, 2.75) is 13.8 Å². The van der Waals surface area contributed by atoms with Crippen LogP contribution in [-0.2, 0) is 0 Å². The molecule has 0 aliphatic carbocycles. The number of fused-ring (bicyclic) bond motifs is 2. The maximum atomic E-state index is 12.0. The Morgan fingerprint density at radius 3 is 2.47 bits per heavy atom. The van der Waals surface area contributed by atoms with Gasteiger partial charge < -0.3 is 24.3 Å². The third kappa shape index (κ3) is 5.42. The van der Waals surface area contributed by atoms with Crippen LogP contribution in [0.15, 0.2) is 48.7 Å². The Morgan fingerprint density at radius 2 is 1.71 bits per heavy atom. The molecule has 194 valence electrons. The summed E-state index contributed by atoms with van der Waals surface area (Å²) in [6, 6.07) is 12.6. The monoisotopic (exact) mass is 531 g/mol. The molecule has 5 aromatic rings. The van der Waals surface area contributed by atoms with Gasteiger partial charge in [0.25, 0.3) is 0 Å². The number of thiazole rings is 1. The zero-order valence-corrected chi connectivity index (χ0v) is 22.1. The van der Waals surface area contributed by atoms with Crippen LogP contribution in [0.1, 0.15) is 11.1 Å². The number of nitrogens with one attached hydrogen (secondary N) is 1. The Balaban J connectivity index is 1.27. The number of hydrogen-bond acceptors (Lipinski definition) is 10. The number of carbonyl (C=O) groups is 1. The number of pyridine rings is 1. The van der Waals surface area contributed by atoms with E-state index >= 15 is 0 Å². The number of amides is 1. The average molecular weight is 532 g/mol. The van der Waals surface area contributed by atoms with E-state index in [4.69, 9.17) is 23.9 Å². The number of nitrogens with zero attached hydrogens (tertiary/aromatic N) is 4. The minimum absolute atomic E-state index is 0.223. The maximum absolute atomic E-state index is 12.0. The highest BCUT2D eigenvalue weighted by Gasteiger charge is 2.16. The van der Waals surface area contributed by atoms with Crippen molar-refractivity contribution < 1.29 is 23.7 Å². The topological polar surface area (TPSA) is 118 Å². The first-order valence-corrected chi connectivity index (χ1v) is 12.6. The van der Waals surface area contributed by atoms with Gasteiger partial charge in [-0.15, -0.1) is 0 Å². The number of methoxy groups -OCH3 is 2. The third-order valence-electron chi connectivity index (χ3n) is 5.63. The van der Waals surface area contributed by atoms with Gasteiger partial charge in [-0.3, -0.25) is 0 Å². The van der Waals surface area contributed by atoms with Crippen molar-refractivity contribution in [3.63, 3.8) is 0 Å². The Labute approximate surface area is 222 Å². The molecule has 38 heavy (non-hydrogen) atoms. The van der Waals surface area contributed by atoms with E-state index in [1.165, 1.54) is 11.3 Å². The van der Waals surface area contributed by atoms with Crippen molar-refractivity contribution in [3.8, 4) is 33.8 Å². The summed E-state index contributed by atoms with van der Waals surface area (Å²) in [6.07, 6.45) is 1.03. The second-order valence-electron chi connectivity index (χ2n) is 8.38. The van der Waals surface area contributed by atoms with Gasteiger partial charge in [0.1, 0.15) is 33.5 Å². The van der Waals surface area contributed by atoms with E-state index in [2.05, 4.69) is 20.3 Å². The normalized spacial score (nSPS) is 10.9. The fraction of sp³-hybridized carbons (Fsp3) is 0.222. The van der Waals surface area contributed by atoms with E-state index in [0.717, 1.165) is 43.1 Å². The Hall–Kier alpha value is -4.51. The van der Waals surface area contributed by atoms with E-state index in [1.807, 2.05) is 32.0 Å². The first-order valence-electron chi connectivity index (χ1n) is 11.8. The molecule has 5 rings (SSSR count). The molecule has 2 aromatic carbocycles. The van der Waals surface area contributed by atoms with Crippen LogP contribution >= 0.6 is 11.3 Å². The van der Waals surface area contributed by atoms with Crippen molar-refractivity contribution in [1.82, 2.24) is 25.3 Å². The van der Waals surface area contributed by atoms with Crippen LogP contribution in [0.25, 0.3) is 32.0 Å². The zero-order chi connectivity index (χ0) is 26.6. The standard InChI is InChI=1S/C27H25N5O5S/c1-15-11-19(24-20(12-15)30-22(35-4)14-29-24)25-32-23-16(2)13-21(31-26(23)38-25)36-10-9-28-27(33)37-18-7-5-17(34-3)6-8-18/h5-8,11-14H,9-10H2,1-4H3,(H,28,33). The second-order valence-corrected chi connectivity index (χ2v) is 9.36. The molecule has 3 aromatic heterocycles. The third-order valence-corrected chi connectivity index (χ3v) is 6.62. The summed E-state index contributed by atoms with van der Waals surface area (Å²) in [6.45, 7) is 4.44. The van der Waals surface area contributed by atoms with Crippen LogP contribution in [0.3, 0.4) is 0 Å². The molecule has 0 atom stereocenters. The number of aromatic nitrogens is 4. The summed E-state index contributed by atoms with van der Waals surface area (Å²) >= 11 is 1.46. The average Bonchev–Trinajstić information content (AvgIpc) is 3.35. The van der Waals surface area contributed by atoms with E-state index in [9.17, 15) is 4.79 Å². The molecule has 0 aliphatic rings. The molecular formula is C27H25N5O5S. The number of aryl methyl sites for hydroxylation is 2. The van der Waals surface area contributed by atoms with Crippen molar-refractivity contribution in [2.24, 2.45) is 0 Å². The van der Waals surface area contributed by atoms with E-state index in [0.29, 0.717) is 23.3 Å². The number of rotatable bonds is 8. The molecule has 3 heterocycles. The van der Waals surface area contributed by atoms with Gasteiger partial charge in [0, 0.05) is 11.6 Å². The summed E-state index contributed by atoms with van der Waals surface area (Å²) in [5, 5.41) is 3.46. The number of ether oxygens (including phenoxy) is 4. The second kappa shape index (κ2) is 10.9. The van der Waals surface area contributed by atoms with Gasteiger partial charge in [0.2, 0.25) is 11.8 Å². The Bertz CT molecular complexity index is 1620. The van der Waals surface area contributed by atoms with Gasteiger partial charge in [-0.25, -0.2) is 24.7 Å². The zero-order valence-electron chi connectivity index (χ0n) is 21.3. The van der Waals surface area contributed by atoms with Gasteiger partial charge in [0.15, 0.2) is 0 Å². The predicted molar refractivity (Wildman–Crippen MR) is 144 cm³/mol. The molecule has 0 aliphatic heterocycles. The van der Waals surface area contributed by atoms with Crippen molar-refractivity contribution >= 4 is 38.8 Å². The molecule has 0 spiro atoms. The minimum Gasteiger partial charge on any atom is -0.497 e. The van der Waals surface area contributed by atoms with Crippen LogP contribution in [-0.4, -0.2) is 53.4 Å². The number of carbonyl (C=O) groups excluding carboxylic acids is 1. The summed E-state index contributed by atoms with van der Waals surface area (Å²) in [5.41, 5.74) is 5.15. The Morgan fingerprint density at radius 1 is 0.921 bits per heavy atom. The van der Waals surface area contributed by atoms with Gasteiger partial charge >= 0.3 is 6.09 Å². The molecule has 0 saturated carbocycles. The number of benzene rings is 2. The lowest BCUT2D eigenvalue weighted by Gasteiger charge is -2.09. The quantitative estimate of drug-likeness (QED) is 0.273. The van der Waals surface area contributed by atoms with Crippen molar-refractivity contribution in [1.29, 1.82) is 0 Å². The fourth-order valence-corrected chi connectivity index (χ4v) is 4.85. The smallest absolute Gasteiger partial charge is 0.412 e. The largest absolute Gasteiger partial charge is 0.497 e. The summed E-state index contributed by atoms with van der Waals surface area (Å²) in [7, 11) is 3.14. The van der Waals surface area contributed by atoms with Crippen LogP contribution in [0, 0.1) is 13.8 Å². The maximum Gasteiger partial charge on any atom is 0.412 e.